The molecule has 0 radical (unpaired) electrons. The molecule has 0 aromatic heterocycles. The summed E-state index contributed by atoms with van der Waals surface area (Å²) in [4.78, 5) is 5.42. The first-order chi connectivity index (χ1) is 10.2. The van der Waals surface area contributed by atoms with Crippen LogP contribution in [0.3, 0.4) is 0 Å². The lowest BCUT2D eigenvalue weighted by atomic mass is 9.79. The van der Waals surface area contributed by atoms with Crippen LogP contribution in [0.5, 0.6) is 0 Å². The molecule has 2 atom stereocenters. The highest BCUT2D eigenvalue weighted by atomic mass is 16.5. The minimum Gasteiger partial charge on any atom is -0.381 e. The van der Waals surface area contributed by atoms with Gasteiger partial charge in [0.15, 0.2) is 0 Å². The Morgan fingerprint density at radius 2 is 1.81 bits per heavy atom. The Morgan fingerprint density at radius 1 is 1.10 bits per heavy atom. The van der Waals surface area contributed by atoms with Gasteiger partial charge >= 0.3 is 0 Å². The van der Waals surface area contributed by atoms with Gasteiger partial charge in [0.25, 0.3) is 0 Å². The van der Waals surface area contributed by atoms with Crippen LogP contribution in [0.25, 0.3) is 0 Å². The zero-order chi connectivity index (χ0) is 14.7. The molecule has 0 spiro atoms. The third-order valence-electron chi connectivity index (χ3n) is 5.93. The molecule has 0 saturated carbocycles. The Balaban J connectivity index is 1.47. The minimum absolute atomic E-state index is 0.788. The second-order valence-electron chi connectivity index (χ2n) is 7.29. The van der Waals surface area contributed by atoms with E-state index in [4.69, 9.17) is 4.74 Å². The van der Waals surface area contributed by atoms with Gasteiger partial charge in [0.1, 0.15) is 0 Å². The summed E-state index contributed by atoms with van der Waals surface area (Å²) in [6.07, 6.45) is 7.62. The third-order valence-corrected chi connectivity index (χ3v) is 5.93. The number of piperazine rings is 1. The fourth-order valence-electron chi connectivity index (χ4n) is 4.34. The maximum atomic E-state index is 5.49. The molecule has 0 unspecified atom stereocenters. The number of hydrogen-bond acceptors (Lipinski definition) is 3. The predicted octanol–water partition coefficient (Wildman–Crippen LogP) is 2.78. The van der Waals surface area contributed by atoms with Gasteiger partial charge in [-0.25, -0.2) is 0 Å². The molecule has 2 fully saturated rings. The maximum absolute atomic E-state index is 5.49. The lowest BCUT2D eigenvalue weighted by Gasteiger charge is -2.42. The Bertz CT molecular complexity index is 354. The van der Waals surface area contributed by atoms with Crippen LogP contribution in [-0.2, 0) is 4.74 Å². The number of ether oxygens (including phenoxy) is 1. The number of hydrogen-bond donors (Lipinski definition) is 0. The molecular formula is C18H32N2O. The van der Waals surface area contributed by atoms with Gasteiger partial charge in [0.05, 0.1) is 0 Å². The summed E-state index contributed by atoms with van der Waals surface area (Å²) in [5.41, 5.74) is 1.64. The lowest BCUT2D eigenvalue weighted by molar-refractivity contribution is 0.0110. The van der Waals surface area contributed by atoms with Gasteiger partial charge in [0.2, 0.25) is 0 Å². The zero-order valence-electron chi connectivity index (χ0n) is 13.9. The van der Waals surface area contributed by atoms with E-state index < -0.39 is 0 Å². The Kier molecular flexibility index (Phi) is 5.36. The molecule has 2 heterocycles. The molecular weight excluding hydrogens is 260 g/mol. The summed E-state index contributed by atoms with van der Waals surface area (Å²) in [5.74, 6) is 1.66. The number of allylic oxidation sites excluding steroid dienone is 1. The van der Waals surface area contributed by atoms with Gasteiger partial charge in [-0.1, -0.05) is 18.6 Å². The summed E-state index contributed by atoms with van der Waals surface area (Å²) < 4.78 is 5.49. The topological polar surface area (TPSA) is 15.7 Å². The molecule has 3 aliphatic rings. The third kappa shape index (κ3) is 3.88. The molecule has 2 aliphatic heterocycles. The highest BCUT2D eigenvalue weighted by Gasteiger charge is 2.28. The standard InChI is InChI=1S/C18H32N2O/c1-15-4-3-5-16(2)18(15)14-19-8-10-20(11-9-19)17-6-12-21-13-7-17/h4,16-18H,3,5-14H2,1-2H3/t16-,18-/m0/s1. The van der Waals surface area contributed by atoms with Crippen LogP contribution in [-0.4, -0.2) is 61.8 Å². The predicted molar refractivity (Wildman–Crippen MR) is 87.5 cm³/mol. The van der Waals surface area contributed by atoms with E-state index >= 15 is 0 Å². The van der Waals surface area contributed by atoms with E-state index in [0.717, 1.165) is 31.1 Å². The van der Waals surface area contributed by atoms with Gasteiger partial charge in [-0.3, -0.25) is 4.90 Å². The van der Waals surface area contributed by atoms with Crippen molar-refractivity contribution in [2.24, 2.45) is 11.8 Å². The summed E-state index contributed by atoms with van der Waals surface area (Å²) in [6.45, 7) is 13.0. The van der Waals surface area contributed by atoms with Crippen molar-refractivity contribution in [2.45, 2.75) is 45.6 Å². The fraction of sp³-hybridized carbons (Fsp3) is 0.889. The summed E-state index contributed by atoms with van der Waals surface area (Å²) in [7, 11) is 0. The van der Waals surface area contributed by atoms with Crippen molar-refractivity contribution in [3.8, 4) is 0 Å². The van der Waals surface area contributed by atoms with Crippen molar-refractivity contribution in [1.82, 2.24) is 9.80 Å². The average molecular weight is 292 g/mol. The highest BCUT2D eigenvalue weighted by Crippen LogP contribution is 2.31. The quantitative estimate of drug-likeness (QED) is 0.744. The first kappa shape index (κ1) is 15.5. The molecule has 3 heteroatoms. The molecule has 0 N–H and O–H groups in total. The molecule has 120 valence electrons. The molecule has 2 saturated heterocycles. The first-order valence-corrected chi connectivity index (χ1v) is 8.95. The molecule has 3 rings (SSSR count). The monoisotopic (exact) mass is 292 g/mol. The fourth-order valence-corrected chi connectivity index (χ4v) is 4.34. The van der Waals surface area contributed by atoms with Crippen molar-refractivity contribution in [2.75, 3.05) is 45.9 Å². The van der Waals surface area contributed by atoms with E-state index in [2.05, 4.69) is 29.7 Å². The van der Waals surface area contributed by atoms with E-state index in [1.165, 1.54) is 58.4 Å². The molecule has 0 bridgehead atoms. The van der Waals surface area contributed by atoms with Gasteiger partial charge in [0, 0.05) is 52.0 Å². The van der Waals surface area contributed by atoms with Crippen molar-refractivity contribution < 1.29 is 4.74 Å². The Hall–Kier alpha value is -0.380. The Labute approximate surface area is 130 Å². The summed E-state index contributed by atoms with van der Waals surface area (Å²) in [6, 6.07) is 0.788. The largest absolute Gasteiger partial charge is 0.381 e. The van der Waals surface area contributed by atoms with Crippen LogP contribution in [0.15, 0.2) is 11.6 Å². The molecule has 21 heavy (non-hydrogen) atoms. The minimum atomic E-state index is 0.788. The zero-order valence-corrected chi connectivity index (χ0v) is 13.9. The van der Waals surface area contributed by atoms with E-state index in [-0.39, 0.29) is 0 Å². The van der Waals surface area contributed by atoms with Crippen molar-refractivity contribution >= 4 is 0 Å². The molecule has 0 aromatic rings. The molecule has 3 nitrogen and oxygen atoms in total. The van der Waals surface area contributed by atoms with Crippen LogP contribution in [0.2, 0.25) is 0 Å². The summed E-state index contributed by atoms with van der Waals surface area (Å²) >= 11 is 0. The second kappa shape index (κ2) is 7.26. The van der Waals surface area contributed by atoms with Crippen LogP contribution < -0.4 is 0 Å². The lowest BCUT2D eigenvalue weighted by Crippen LogP contribution is -2.52. The second-order valence-corrected chi connectivity index (χ2v) is 7.29. The highest BCUT2D eigenvalue weighted by molar-refractivity contribution is 5.09. The van der Waals surface area contributed by atoms with Gasteiger partial charge in [-0.15, -0.1) is 0 Å². The van der Waals surface area contributed by atoms with Gasteiger partial charge in [-0.05, 0) is 44.4 Å². The van der Waals surface area contributed by atoms with Crippen LogP contribution in [0.4, 0.5) is 0 Å². The van der Waals surface area contributed by atoms with Crippen molar-refractivity contribution in [3.63, 3.8) is 0 Å². The smallest absolute Gasteiger partial charge is 0.0480 e. The van der Waals surface area contributed by atoms with Gasteiger partial charge < -0.3 is 9.64 Å². The molecule has 1 aliphatic carbocycles. The van der Waals surface area contributed by atoms with Crippen LogP contribution >= 0.6 is 0 Å². The number of rotatable bonds is 3. The van der Waals surface area contributed by atoms with E-state index in [9.17, 15) is 0 Å². The summed E-state index contributed by atoms with van der Waals surface area (Å²) in [5, 5.41) is 0. The van der Waals surface area contributed by atoms with E-state index in [0.29, 0.717) is 0 Å². The molecule has 0 aromatic carbocycles. The maximum Gasteiger partial charge on any atom is 0.0480 e. The van der Waals surface area contributed by atoms with Crippen molar-refractivity contribution in [1.29, 1.82) is 0 Å². The number of nitrogens with zero attached hydrogens (tertiary/aromatic N) is 2. The SMILES string of the molecule is CC1=CCC[C@H](C)[C@H]1CN1CCN(C2CCOCC2)CC1. The van der Waals surface area contributed by atoms with E-state index in [1.54, 1.807) is 5.57 Å². The van der Waals surface area contributed by atoms with E-state index in [1.807, 2.05) is 0 Å². The Morgan fingerprint density at radius 3 is 2.48 bits per heavy atom. The van der Waals surface area contributed by atoms with Crippen LogP contribution in [0, 0.1) is 11.8 Å². The average Bonchev–Trinajstić information content (AvgIpc) is 2.53. The van der Waals surface area contributed by atoms with Crippen molar-refractivity contribution in [3.05, 3.63) is 11.6 Å². The normalized spacial score (nSPS) is 33.9. The first-order valence-electron chi connectivity index (χ1n) is 8.95. The molecule has 0 amide bonds. The van der Waals surface area contributed by atoms with Crippen LogP contribution in [0.1, 0.15) is 39.5 Å². The van der Waals surface area contributed by atoms with Gasteiger partial charge in [-0.2, -0.15) is 0 Å².